The van der Waals surface area contributed by atoms with Gasteiger partial charge in [-0.15, -0.1) is 0 Å². The van der Waals surface area contributed by atoms with Crippen LogP contribution in [0, 0.1) is 16.7 Å². The monoisotopic (exact) mass is 267 g/mol. The Balaban J connectivity index is 2.55. The lowest BCUT2D eigenvalue weighted by Gasteiger charge is -2.32. The minimum absolute atomic E-state index is 0.480. The summed E-state index contributed by atoms with van der Waals surface area (Å²) < 4.78 is 4.86. The minimum Gasteiger partial charge on any atom is -0.468 e. The van der Waals surface area contributed by atoms with Crippen LogP contribution >= 0.6 is 0 Å². The molecule has 0 radical (unpaired) electrons. The van der Waals surface area contributed by atoms with Crippen LogP contribution in [0.25, 0.3) is 6.08 Å². The normalized spacial score (nSPS) is 24.2. The fourth-order valence-corrected chi connectivity index (χ4v) is 2.63. The van der Waals surface area contributed by atoms with Gasteiger partial charge in [-0.25, -0.2) is 4.79 Å². The van der Waals surface area contributed by atoms with Gasteiger partial charge in [0.05, 0.1) is 13.2 Å². The molecule has 20 heavy (non-hydrogen) atoms. The molecule has 0 N–H and O–H groups in total. The standard InChI is InChI=1S/C17H17NO2/c1-13-7-6-10-17(12-18,16(19)20-2)15(13)11-14-8-4-3-5-9-14/h3-5,8-9,11H,1,6-7,10H2,2H3/b15-11+. The van der Waals surface area contributed by atoms with E-state index in [1.165, 1.54) is 7.11 Å². The lowest BCUT2D eigenvalue weighted by atomic mass is 9.68. The van der Waals surface area contributed by atoms with Crippen molar-refractivity contribution in [3.8, 4) is 6.07 Å². The third-order valence-corrected chi connectivity index (χ3v) is 3.71. The molecule has 3 heteroatoms. The molecular weight excluding hydrogens is 250 g/mol. The molecule has 0 aliphatic heterocycles. The van der Waals surface area contributed by atoms with Gasteiger partial charge in [-0.3, -0.25) is 0 Å². The Morgan fingerprint density at radius 3 is 2.75 bits per heavy atom. The molecule has 1 unspecified atom stereocenters. The maximum absolute atomic E-state index is 12.1. The first kappa shape index (κ1) is 14.1. The fraction of sp³-hybridized carbons (Fsp3) is 0.294. The van der Waals surface area contributed by atoms with Crippen molar-refractivity contribution in [3.05, 3.63) is 53.6 Å². The SMILES string of the molecule is C=C1CCCC(C#N)(C(=O)OC)/C1=C/c1ccccc1. The van der Waals surface area contributed by atoms with Crippen LogP contribution in [0.15, 0.2) is 48.1 Å². The van der Waals surface area contributed by atoms with E-state index < -0.39 is 11.4 Å². The van der Waals surface area contributed by atoms with Gasteiger partial charge >= 0.3 is 5.97 Å². The van der Waals surface area contributed by atoms with Crippen molar-refractivity contribution in [2.75, 3.05) is 7.11 Å². The Hall–Kier alpha value is -2.34. The third-order valence-electron chi connectivity index (χ3n) is 3.71. The zero-order valence-electron chi connectivity index (χ0n) is 11.6. The van der Waals surface area contributed by atoms with Crippen molar-refractivity contribution in [2.45, 2.75) is 19.3 Å². The molecule has 1 fully saturated rings. The van der Waals surface area contributed by atoms with Crippen molar-refractivity contribution in [1.82, 2.24) is 0 Å². The van der Waals surface area contributed by atoms with Gasteiger partial charge in [0.2, 0.25) is 0 Å². The maximum Gasteiger partial charge on any atom is 0.330 e. The topological polar surface area (TPSA) is 50.1 Å². The Labute approximate surface area is 119 Å². The molecule has 102 valence electrons. The molecule has 0 bridgehead atoms. The molecular formula is C17H17NO2. The number of hydrogen-bond donors (Lipinski definition) is 0. The number of carbonyl (C=O) groups is 1. The molecule has 1 aromatic rings. The molecule has 1 aliphatic rings. The van der Waals surface area contributed by atoms with Gasteiger partial charge in [0.1, 0.15) is 0 Å². The van der Waals surface area contributed by atoms with E-state index in [9.17, 15) is 10.1 Å². The number of rotatable bonds is 2. The highest BCUT2D eigenvalue weighted by atomic mass is 16.5. The summed E-state index contributed by atoms with van der Waals surface area (Å²) in [4.78, 5) is 12.1. The van der Waals surface area contributed by atoms with E-state index in [1.54, 1.807) is 0 Å². The minimum atomic E-state index is -1.22. The van der Waals surface area contributed by atoms with Crippen molar-refractivity contribution in [1.29, 1.82) is 5.26 Å². The second kappa shape index (κ2) is 5.75. The van der Waals surface area contributed by atoms with Gasteiger partial charge in [0.25, 0.3) is 0 Å². The third kappa shape index (κ3) is 2.37. The Morgan fingerprint density at radius 1 is 1.45 bits per heavy atom. The molecule has 0 spiro atoms. The summed E-state index contributed by atoms with van der Waals surface area (Å²) in [6.07, 6.45) is 3.93. The maximum atomic E-state index is 12.1. The number of allylic oxidation sites excluding steroid dienone is 1. The van der Waals surface area contributed by atoms with Crippen LogP contribution in [0.1, 0.15) is 24.8 Å². The van der Waals surface area contributed by atoms with Crippen molar-refractivity contribution in [3.63, 3.8) is 0 Å². The van der Waals surface area contributed by atoms with E-state index in [1.807, 2.05) is 36.4 Å². The lowest BCUT2D eigenvalue weighted by Crippen LogP contribution is -2.36. The van der Waals surface area contributed by atoms with Crippen LogP contribution in [-0.4, -0.2) is 13.1 Å². The summed E-state index contributed by atoms with van der Waals surface area (Å²) in [5, 5.41) is 9.58. The van der Waals surface area contributed by atoms with Gasteiger partial charge in [-0.2, -0.15) is 5.26 Å². The van der Waals surface area contributed by atoms with Crippen LogP contribution < -0.4 is 0 Å². The van der Waals surface area contributed by atoms with Crippen molar-refractivity contribution < 1.29 is 9.53 Å². The molecule has 1 aliphatic carbocycles. The Morgan fingerprint density at radius 2 is 2.15 bits per heavy atom. The van der Waals surface area contributed by atoms with Crippen LogP contribution in [0.2, 0.25) is 0 Å². The molecule has 0 saturated heterocycles. The van der Waals surface area contributed by atoms with E-state index >= 15 is 0 Å². The summed E-state index contributed by atoms with van der Waals surface area (Å²) in [6.45, 7) is 4.02. The summed E-state index contributed by atoms with van der Waals surface area (Å²) in [5.41, 5.74) is 1.25. The van der Waals surface area contributed by atoms with Crippen molar-refractivity contribution in [2.24, 2.45) is 5.41 Å². The summed E-state index contributed by atoms with van der Waals surface area (Å²) in [6, 6.07) is 11.8. The van der Waals surface area contributed by atoms with Gasteiger partial charge in [0, 0.05) is 0 Å². The van der Waals surface area contributed by atoms with Gasteiger partial charge < -0.3 is 4.74 Å². The number of nitriles is 1. The van der Waals surface area contributed by atoms with E-state index in [0.29, 0.717) is 12.0 Å². The largest absolute Gasteiger partial charge is 0.468 e. The van der Waals surface area contributed by atoms with Gasteiger partial charge in [0.15, 0.2) is 5.41 Å². The predicted molar refractivity (Wildman–Crippen MR) is 77.5 cm³/mol. The van der Waals surface area contributed by atoms with Gasteiger partial charge in [-0.05, 0) is 42.0 Å². The molecule has 3 nitrogen and oxygen atoms in total. The molecule has 0 amide bonds. The number of benzene rings is 1. The molecule has 1 atom stereocenters. The molecule has 1 aromatic carbocycles. The lowest BCUT2D eigenvalue weighted by molar-refractivity contribution is -0.147. The van der Waals surface area contributed by atoms with Crippen LogP contribution in [0.3, 0.4) is 0 Å². The Kier molecular flexibility index (Phi) is 4.05. The quantitative estimate of drug-likeness (QED) is 0.771. The number of ether oxygens (including phenoxy) is 1. The summed E-state index contributed by atoms with van der Waals surface area (Å²) in [7, 11) is 1.32. The first-order valence-electron chi connectivity index (χ1n) is 6.59. The highest BCUT2D eigenvalue weighted by Gasteiger charge is 2.46. The number of nitrogens with zero attached hydrogens (tertiary/aromatic N) is 1. The van der Waals surface area contributed by atoms with Crippen LogP contribution in [-0.2, 0) is 9.53 Å². The predicted octanol–water partition coefficient (Wildman–Crippen LogP) is 3.49. The van der Waals surface area contributed by atoms with E-state index in [4.69, 9.17) is 4.74 Å². The first-order valence-corrected chi connectivity index (χ1v) is 6.59. The highest BCUT2D eigenvalue weighted by Crippen LogP contribution is 2.44. The number of methoxy groups -OCH3 is 1. The van der Waals surface area contributed by atoms with E-state index in [0.717, 1.165) is 24.0 Å². The second-order valence-corrected chi connectivity index (χ2v) is 4.93. The van der Waals surface area contributed by atoms with Crippen LogP contribution in [0.5, 0.6) is 0 Å². The number of hydrogen-bond acceptors (Lipinski definition) is 3. The average molecular weight is 267 g/mol. The molecule has 1 saturated carbocycles. The highest BCUT2D eigenvalue weighted by molar-refractivity contribution is 5.88. The smallest absolute Gasteiger partial charge is 0.330 e. The molecule has 2 rings (SSSR count). The van der Waals surface area contributed by atoms with Gasteiger partial charge in [-0.1, -0.05) is 36.9 Å². The summed E-state index contributed by atoms with van der Waals surface area (Å²) in [5.74, 6) is -0.497. The van der Waals surface area contributed by atoms with Crippen LogP contribution in [0.4, 0.5) is 0 Å². The molecule has 0 aromatic heterocycles. The second-order valence-electron chi connectivity index (χ2n) is 4.93. The van der Waals surface area contributed by atoms with Crippen molar-refractivity contribution >= 4 is 12.0 Å². The molecule has 0 heterocycles. The summed E-state index contributed by atoms with van der Waals surface area (Å²) >= 11 is 0. The number of esters is 1. The number of carbonyl (C=O) groups excluding carboxylic acids is 1. The van der Waals surface area contributed by atoms with E-state index in [2.05, 4.69) is 12.6 Å². The Bertz CT molecular complexity index is 595. The van der Waals surface area contributed by atoms with E-state index in [-0.39, 0.29) is 0 Å². The fourth-order valence-electron chi connectivity index (χ4n) is 2.63. The zero-order valence-corrected chi connectivity index (χ0v) is 11.6. The average Bonchev–Trinajstić information content (AvgIpc) is 2.49. The first-order chi connectivity index (χ1) is 9.64. The zero-order chi connectivity index (χ0) is 14.6.